The molecule has 0 atom stereocenters. The summed E-state index contributed by atoms with van der Waals surface area (Å²) >= 11 is 0. The van der Waals surface area contributed by atoms with Gasteiger partial charge < -0.3 is 20.2 Å². The summed E-state index contributed by atoms with van der Waals surface area (Å²) in [7, 11) is 0. The summed E-state index contributed by atoms with van der Waals surface area (Å²) in [5.74, 6) is -0.672. The molecule has 0 saturated heterocycles. The highest BCUT2D eigenvalue weighted by molar-refractivity contribution is 6.05. The molecule has 0 aliphatic rings. The minimum atomic E-state index is -0.524. The normalized spacial score (nSPS) is 12.6. The second-order valence-electron chi connectivity index (χ2n) is 14.2. The zero-order chi connectivity index (χ0) is 41.1. The van der Waals surface area contributed by atoms with E-state index < -0.39 is 11.1 Å². The van der Waals surface area contributed by atoms with E-state index in [1.165, 1.54) is 18.7 Å². The number of aromatic amines is 2. The Hall–Kier alpha value is -8.64. The maximum Gasteiger partial charge on any atom is 0.285 e. The molecule has 0 saturated carbocycles. The quantitative estimate of drug-likeness (QED) is 0.155. The molecule has 0 aliphatic heterocycles. The van der Waals surface area contributed by atoms with Crippen LogP contribution in [0.1, 0.15) is 0 Å². The van der Waals surface area contributed by atoms with Crippen LogP contribution in [0, 0.1) is 21.1 Å². The van der Waals surface area contributed by atoms with Crippen molar-refractivity contribution >= 4 is 23.9 Å². The zero-order valence-electron chi connectivity index (χ0n) is 31.8. The molecule has 6 aromatic heterocycles. The average Bonchev–Trinajstić information content (AvgIpc) is 3.99. The van der Waals surface area contributed by atoms with E-state index in [0.29, 0.717) is 65.1 Å². The van der Waals surface area contributed by atoms with Gasteiger partial charge in [0.25, 0.3) is 11.1 Å². The van der Waals surface area contributed by atoms with Gasteiger partial charge in [-0.05, 0) is 71.1 Å². The summed E-state index contributed by atoms with van der Waals surface area (Å²) in [4.78, 5) is 45.9. The third kappa shape index (κ3) is 5.46. The number of benzene rings is 4. The number of nitrogens with one attached hydrogen (secondary N) is 2. The first-order valence-electron chi connectivity index (χ1n) is 19.0. The molecule has 0 spiro atoms. The lowest BCUT2D eigenvalue weighted by molar-refractivity contribution is 0.426. The summed E-state index contributed by atoms with van der Waals surface area (Å²) in [6, 6.07) is 39.9. The molecule has 0 bridgehead atoms. The zero-order valence-corrected chi connectivity index (χ0v) is 31.8. The van der Waals surface area contributed by atoms with E-state index in [4.69, 9.17) is 0 Å². The summed E-state index contributed by atoms with van der Waals surface area (Å²) in [5.41, 5.74) is 1.47. The molecular formula is C48H34N8O4. The van der Waals surface area contributed by atoms with Crippen LogP contribution in [0.25, 0.3) is 69.2 Å². The highest BCUT2D eigenvalue weighted by atomic mass is 16.3. The van der Waals surface area contributed by atoms with Gasteiger partial charge in [-0.25, -0.2) is 18.7 Å². The number of rotatable bonds is 6. The number of hydrogen-bond donors (Lipinski definition) is 4. The third-order valence-corrected chi connectivity index (χ3v) is 10.7. The molecule has 0 radical (unpaired) electrons. The maximum atomic E-state index is 15.1. The highest BCUT2D eigenvalue weighted by Gasteiger charge is 2.31. The second-order valence-corrected chi connectivity index (χ2v) is 14.2. The topological polar surface area (TPSA) is 152 Å². The fourth-order valence-electron chi connectivity index (χ4n) is 8.01. The fraction of sp³-hybridized carbons (Fsp3) is 0. The van der Waals surface area contributed by atoms with Crippen LogP contribution in [0.3, 0.4) is 0 Å². The van der Waals surface area contributed by atoms with Crippen molar-refractivity contribution in [3.05, 3.63) is 211 Å². The average molecular weight is 787 g/mol. The molecule has 0 fully saturated rings. The molecule has 0 aliphatic carbocycles. The molecule has 4 aromatic carbocycles. The molecule has 6 heterocycles. The molecule has 4 N–H and O–H groups in total. The minimum Gasteiger partial charge on any atom is -0.493 e. The van der Waals surface area contributed by atoms with Gasteiger partial charge in [-0.2, -0.15) is 0 Å². The van der Waals surface area contributed by atoms with Crippen LogP contribution in [0.15, 0.2) is 168 Å². The molecule has 10 rings (SSSR count). The predicted molar refractivity (Wildman–Crippen MR) is 231 cm³/mol. The van der Waals surface area contributed by atoms with Crippen molar-refractivity contribution in [2.45, 2.75) is 0 Å². The van der Waals surface area contributed by atoms with Crippen LogP contribution in [-0.4, -0.2) is 48.9 Å². The third-order valence-electron chi connectivity index (χ3n) is 10.7. The Morgan fingerprint density at radius 2 is 0.767 bits per heavy atom. The van der Waals surface area contributed by atoms with E-state index in [1.54, 1.807) is 85.5 Å². The lowest BCUT2D eigenvalue weighted by Crippen LogP contribution is -2.20. The van der Waals surface area contributed by atoms with Gasteiger partial charge in [-0.15, -0.1) is 0 Å². The number of nitrogens with zero attached hydrogens (tertiary/aromatic N) is 6. The Morgan fingerprint density at radius 1 is 0.450 bits per heavy atom. The van der Waals surface area contributed by atoms with Gasteiger partial charge in [0.15, 0.2) is 0 Å². The number of aromatic hydroxyl groups is 2. The van der Waals surface area contributed by atoms with Gasteiger partial charge in [0.1, 0.15) is 11.1 Å². The molecule has 290 valence electrons. The number of aromatic nitrogens is 8. The molecule has 60 heavy (non-hydrogen) atoms. The number of fused-ring (bicyclic) bond motifs is 1. The second kappa shape index (κ2) is 14.1. The maximum absolute atomic E-state index is 15.1. The summed E-state index contributed by atoms with van der Waals surface area (Å²) in [6.07, 6.45) is 6.47. The first-order chi connectivity index (χ1) is 29.3. The van der Waals surface area contributed by atoms with Gasteiger partial charge >= 0.3 is 0 Å². The Kier molecular flexibility index (Phi) is 8.39. The lowest BCUT2D eigenvalue weighted by atomic mass is 10.1. The summed E-state index contributed by atoms with van der Waals surface area (Å²) < 4.78 is 5.77. The van der Waals surface area contributed by atoms with Gasteiger partial charge in [0.2, 0.25) is 11.8 Å². The summed E-state index contributed by atoms with van der Waals surface area (Å²) in [6.45, 7) is 8.57. The van der Waals surface area contributed by atoms with E-state index in [0.717, 1.165) is 0 Å². The fourth-order valence-corrected chi connectivity index (χ4v) is 8.01. The van der Waals surface area contributed by atoms with Crippen LogP contribution in [-0.2, 0) is 0 Å². The Labute approximate surface area is 339 Å². The molecular weight excluding hydrogens is 753 g/mol. The van der Waals surface area contributed by atoms with Crippen LogP contribution in [0.4, 0.5) is 0 Å². The molecule has 0 unspecified atom stereocenters. The Morgan fingerprint density at radius 3 is 1.08 bits per heavy atom. The smallest absolute Gasteiger partial charge is 0.285 e. The van der Waals surface area contributed by atoms with Crippen molar-refractivity contribution in [3.63, 3.8) is 0 Å². The van der Waals surface area contributed by atoms with Crippen molar-refractivity contribution in [1.29, 1.82) is 0 Å². The van der Waals surface area contributed by atoms with E-state index in [2.05, 4.69) is 33.1 Å². The number of para-hydroxylation sites is 4. The van der Waals surface area contributed by atoms with E-state index in [9.17, 15) is 10.2 Å². The number of H-pyrrole nitrogens is 2. The highest BCUT2D eigenvalue weighted by Crippen LogP contribution is 2.41. The first kappa shape index (κ1) is 35.8. The van der Waals surface area contributed by atoms with E-state index in [-0.39, 0.29) is 34.3 Å². The van der Waals surface area contributed by atoms with Crippen molar-refractivity contribution in [3.8, 4) is 57.0 Å². The van der Waals surface area contributed by atoms with Crippen LogP contribution in [0.2, 0.25) is 0 Å². The van der Waals surface area contributed by atoms with Crippen molar-refractivity contribution in [2.75, 3.05) is 0 Å². The Bertz CT molecular complexity index is 3460. The van der Waals surface area contributed by atoms with Gasteiger partial charge in [0.05, 0.1) is 44.8 Å². The van der Waals surface area contributed by atoms with Crippen LogP contribution >= 0.6 is 0 Å². The number of pyridine rings is 2. The predicted octanol–water partition coefficient (Wildman–Crippen LogP) is 6.31. The molecule has 12 nitrogen and oxygen atoms in total. The van der Waals surface area contributed by atoms with Crippen molar-refractivity contribution < 1.29 is 10.2 Å². The van der Waals surface area contributed by atoms with Crippen molar-refractivity contribution in [1.82, 2.24) is 38.7 Å². The lowest BCUT2D eigenvalue weighted by Gasteiger charge is -2.12. The SMILES string of the molecule is C=c1cncc/c1=c1/[nH]c(-c2c(O)n(-c3ccccc3)n(-c3ccccc3)c2=O)c2/c(=c3\ccncc3=C)[nH]c(-c3c(O)n(-c4ccccc4)n(-c4ccccc4)c3=O)c12. The van der Waals surface area contributed by atoms with Crippen LogP contribution in [0.5, 0.6) is 11.8 Å². The number of hydrogen-bond acceptors (Lipinski definition) is 6. The van der Waals surface area contributed by atoms with Gasteiger partial charge in [-0.1, -0.05) is 86.0 Å². The van der Waals surface area contributed by atoms with E-state index >= 15 is 9.59 Å². The molecule has 0 amide bonds. The van der Waals surface area contributed by atoms with E-state index in [1.807, 2.05) is 72.8 Å². The minimum absolute atomic E-state index is 0.0436. The van der Waals surface area contributed by atoms with Crippen molar-refractivity contribution in [2.24, 2.45) is 0 Å². The van der Waals surface area contributed by atoms with Crippen LogP contribution < -0.4 is 21.6 Å². The Balaban J connectivity index is 1.45. The summed E-state index contributed by atoms with van der Waals surface area (Å²) in [5, 5.41) is 29.0. The van der Waals surface area contributed by atoms with Gasteiger partial charge in [0, 0.05) is 46.0 Å². The molecule has 12 heteroatoms. The van der Waals surface area contributed by atoms with Gasteiger partial charge in [-0.3, -0.25) is 19.6 Å². The standard InChI is InChI=1S/C48H34N8O4/c1-29-27-49-25-23-35(29)41-37-38(44(51-41)40-47(59)55(33-19-11-5-12-20-33)56(48(40)60)34-21-13-6-14-22-34)42(36-24-26-50-28-30(36)2)52-43(37)39-45(57)53(31-15-7-3-8-16-31)54(46(39)58)32-17-9-4-10-18-32/h3-28,51-52,57,59H,1-2H2/b41-35-,42-36-. The largest absolute Gasteiger partial charge is 0.493 e. The monoisotopic (exact) mass is 786 g/mol. The molecule has 10 aromatic rings. The first-order valence-corrected chi connectivity index (χ1v) is 19.0.